The van der Waals surface area contributed by atoms with Gasteiger partial charge in [0, 0.05) is 23.9 Å². The molecule has 0 saturated heterocycles. The predicted octanol–water partition coefficient (Wildman–Crippen LogP) is 2.44. The summed E-state index contributed by atoms with van der Waals surface area (Å²) in [6, 6.07) is 5.20. The molecule has 0 bridgehead atoms. The summed E-state index contributed by atoms with van der Waals surface area (Å²) in [4.78, 5) is 0.0825. The Morgan fingerprint density at radius 3 is 2.83 bits per heavy atom. The fourth-order valence-electron chi connectivity index (χ4n) is 2.10. The predicted molar refractivity (Wildman–Crippen MR) is 74.3 cm³/mol. The summed E-state index contributed by atoms with van der Waals surface area (Å²) in [6.45, 7) is 2.74. The van der Waals surface area contributed by atoms with E-state index in [2.05, 4.69) is 5.32 Å². The fraction of sp³-hybridized carbons (Fsp3) is 0.462. The Morgan fingerprint density at radius 1 is 1.56 bits per heavy atom. The summed E-state index contributed by atoms with van der Waals surface area (Å²) >= 11 is 4.76. The van der Waals surface area contributed by atoms with Gasteiger partial charge in [-0.2, -0.15) is 0 Å². The zero-order valence-corrected chi connectivity index (χ0v) is 11.1. The van der Waals surface area contributed by atoms with Crippen LogP contribution in [0.25, 0.3) is 0 Å². The molecule has 2 rings (SSSR count). The average Bonchev–Trinajstić information content (AvgIpc) is 2.26. The number of anilines is 1. The van der Waals surface area contributed by atoms with Gasteiger partial charge in [-0.1, -0.05) is 12.2 Å². The minimum atomic E-state index is -0.381. The van der Waals surface area contributed by atoms with Gasteiger partial charge in [0.2, 0.25) is 0 Å². The first-order chi connectivity index (χ1) is 8.60. The second kappa shape index (κ2) is 5.63. The van der Waals surface area contributed by atoms with Gasteiger partial charge in [-0.3, -0.25) is 0 Å². The lowest BCUT2D eigenvalue weighted by atomic mass is 9.89. The van der Waals surface area contributed by atoms with Crippen LogP contribution in [-0.4, -0.2) is 23.7 Å². The molecule has 1 aliphatic rings. The second-order valence-electron chi connectivity index (χ2n) is 4.45. The third-order valence-electron chi connectivity index (χ3n) is 3.10. The van der Waals surface area contributed by atoms with Crippen LogP contribution in [0.2, 0.25) is 0 Å². The maximum Gasteiger partial charge on any atom is 0.135 e. The highest BCUT2D eigenvalue weighted by Crippen LogP contribution is 2.27. The Labute approximate surface area is 112 Å². The highest BCUT2D eigenvalue weighted by atomic mass is 32.1. The van der Waals surface area contributed by atoms with Gasteiger partial charge in [0.25, 0.3) is 0 Å². The molecule has 5 heteroatoms. The lowest BCUT2D eigenvalue weighted by molar-refractivity contribution is 0.00299. The number of ether oxygens (including phenoxy) is 1. The topological polar surface area (TPSA) is 47.3 Å². The molecule has 0 aromatic heterocycles. The van der Waals surface area contributed by atoms with Gasteiger partial charge in [-0.05, 0) is 38.0 Å². The van der Waals surface area contributed by atoms with Crippen molar-refractivity contribution in [3.63, 3.8) is 0 Å². The van der Waals surface area contributed by atoms with Crippen LogP contribution in [0.3, 0.4) is 0 Å². The van der Waals surface area contributed by atoms with E-state index >= 15 is 0 Å². The van der Waals surface area contributed by atoms with Crippen molar-refractivity contribution in [1.82, 2.24) is 0 Å². The average molecular weight is 268 g/mol. The molecule has 0 atom stereocenters. The van der Waals surface area contributed by atoms with Crippen molar-refractivity contribution in [3.8, 4) is 0 Å². The van der Waals surface area contributed by atoms with Crippen LogP contribution in [0.1, 0.15) is 25.3 Å². The molecular formula is C13H17FN2OS. The molecule has 1 fully saturated rings. The minimum Gasteiger partial charge on any atom is -0.389 e. The van der Waals surface area contributed by atoms with Crippen molar-refractivity contribution in [3.05, 3.63) is 29.6 Å². The maximum atomic E-state index is 13.6. The first-order valence-corrected chi connectivity index (χ1v) is 6.48. The summed E-state index contributed by atoms with van der Waals surface area (Å²) in [6.07, 6.45) is 2.27. The Bertz CT molecular complexity index is 447. The third-order valence-corrected chi connectivity index (χ3v) is 3.32. The Hall–Kier alpha value is -1.20. The Balaban J connectivity index is 1.92. The van der Waals surface area contributed by atoms with Gasteiger partial charge < -0.3 is 15.8 Å². The molecule has 1 aromatic carbocycles. The van der Waals surface area contributed by atoms with Crippen LogP contribution in [-0.2, 0) is 4.74 Å². The SMILES string of the molecule is CCOC1CC(Nc2ccc(C(N)=S)c(F)c2)C1. The molecule has 98 valence electrons. The number of hydrogen-bond acceptors (Lipinski definition) is 3. The monoisotopic (exact) mass is 268 g/mol. The quantitative estimate of drug-likeness (QED) is 0.805. The molecule has 0 unspecified atom stereocenters. The maximum absolute atomic E-state index is 13.6. The van der Waals surface area contributed by atoms with Crippen molar-refractivity contribution >= 4 is 22.9 Å². The van der Waals surface area contributed by atoms with E-state index in [0.717, 1.165) is 25.1 Å². The zero-order valence-electron chi connectivity index (χ0n) is 10.3. The van der Waals surface area contributed by atoms with Crippen LogP contribution in [0.15, 0.2) is 18.2 Å². The van der Waals surface area contributed by atoms with E-state index in [-0.39, 0.29) is 16.4 Å². The van der Waals surface area contributed by atoms with E-state index in [4.69, 9.17) is 22.7 Å². The highest BCUT2D eigenvalue weighted by molar-refractivity contribution is 7.80. The van der Waals surface area contributed by atoms with Crippen LogP contribution >= 0.6 is 12.2 Å². The summed E-state index contributed by atoms with van der Waals surface area (Å²) < 4.78 is 19.1. The fourth-order valence-corrected chi connectivity index (χ4v) is 2.26. The molecule has 0 spiro atoms. The number of nitrogens with two attached hydrogens (primary N) is 1. The zero-order chi connectivity index (χ0) is 13.1. The first-order valence-electron chi connectivity index (χ1n) is 6.07. The number of thiocarbonyl (C=S) groups is 1. The van der Waals surface area contributed by atoms with Gasteiger partial charge in [0.15, 0.2) is 0 Å². The smallest absolute Gasteiger partial charge is 0.135 e. The number of nitrogens with one attached hydrogen (secondary N) is 1. The van der Waals surface area contributed by atoms with Gasteiger partial charge in [0.1, 0.15) is 10.8 Å². The highest BCUT2D eigenvalue weighted by Gasteiger charge is 2.29. The molecule has 3 nitrogen and oxygen atoms in total. The van der Waals surface area contributed by atoms with Crippen molar-refractivity contribution in [2.45, 2.75) is 31.9 Å². The molecule has 0 radical (unpaired) electrons. The minimum absolute atomic E-state index is 0.0825. The summed E-state index contributed by atoms with van der Waals surface area (Å²) in [5, 5.41) is 3.27. The molecule has 3 N–H and O–H groups in total. The van der Waals surface area contributed by atoms with Crippen LogP contribution in [0.5, 0.6) is 0 Å². The Morgan fingerprint density at radius 2 is 2.28 bits per heavy atom. The summed E-state index contributed by atoms with van der Waals surface area (Å²) in [5.74, 6) is -0.381. The molecule has 0 heterocycles. The van der Waals surface area contributed by atoms with E-state index in [9.17, 15) is 4.39 Å². The van der Waals surface area contributed by atoms with Gasteiger partial charge in [-0.25, -0.2) is 4.39 Å². The van der Waals surface area contributed by atoms with Crippen LogP contribution in [0.4, 0.5) is 10.1 Å². The van der Waals surface area contributed by atoms with Gasteiger partial charge >= 0.3 is 0 Å². The molecule has 1 saturated carbocycles. The number of benzene rings is 1. The standard InChI is InChI=1S/C13H17FN2OS/c1-2-17-10-5-9(6-10)16-8-3-4-11(13(15)18)12(14)7-8/h3-4,7,9-10,16H,2,5-6H2,1H3,(H2,15,18). The number of hydrogen-bond donors (Lipinski definition) is 2. The van der Waals surface area contributed by atoms with Gasteiger partial charge in [-0.15, -0.1) is 0 Å². The van der Waals surface area contributed by atoms with Gasteiger partial charge in [0.05, 0.1) is 6.10 Å². The molecule has 18 heavy (non-hydrogen) atoms. The van der Waals surface area contributed by atoms with E-state index in [1.54, 1.807) is 12.1 Å². The van der Waals surface area contributed by atoms with Crippen LogP contribution in [0, 0.1) is 5.82 Å². The van der Waals surface area contributed by atoms with Crippen molar-refractivity contribution in [2.24, 2.45) is 5.73 Å². The Kier molecular flexibility index (Phi) is 4.14. The van der Waals surface area contributed by atoms with E-state index < -0.39 is 0 Å². The largest absolute Gasteiger partial charge is 0.389 e. The second-order valence-corrected chi connectivity index (χ2v) is 4.89. The van der Waals surface area contributed by atoms with E-state index in [0.29, 0.717) is 12.1 Å². The molecule has 0 aliphatic heterocycles. The summed E-state index contributed by atoms with van der Waals surface area (Å²) in [5.41, 5.74) is 6.45. The van der Waals surface area contributed by atoms with E-state index in [1.807, 2.05) is 6.92 Å². The van der Waals surface area contributed by atoms with E-state index in [1.165, 1.54) is 6.07 Å². The molecular weight excluding hydrogens is 251 g/mol. The van der Waals surface area contributed by atoms with Crippen LogP contribution < -0.4 is 11.1 Å². The lowest BCUT2D eigenvalue weighted by Crippen LogP contribution is -2.40. The lowest BCUT2D eigenvalue weighted by Gasteiger charge is -2.36. The van der Waals surface area contributed by atoms with Crippen molar-refractivity contribution < 1.29 is 9.13 Å². The normalized spacial score (nSPS) is 22.3. The third kappa shape index (κ3) is 2.97. The van der Waals surface area contributed by atoms with Crippen molar-refractivity contribution in [1.29, 1.82) is 0 Å². The molecule has 1 aromatic rings. The van der Waals surface area contributed by atoms with Crippen molar-refractivity contribution in [2.75, 3.05) is 11.9 Å². The number of halogens is 1. The number of rotatable bonds is 5. The molecule has 0 amide bonds. The molecule has 1 aliphatic carbocycles. The first kappa shape index (κ1) is 13.2. The summed E-state index contributed by atoms with van der Waals surface area (Å²) in [7, 11) is 0.